The Labute approximate surface area is 152 Å². The van der Waals surface area contributed by atoms with Crippen molar-refractivity contribution in [1.29, 1.82) is 0 Å². The van der Waals surface area contributed by atoms with Crippen molar-refractivity contribution in [2.45, 2.75) is 18.9 Å². The predicted octanol–water partition coefficient (Wildman–Crippen LogP) is 2.10. The van der Waals surface area contributed by atoms with Crippen molar-refractivity contribution >= 4 is 33.8 Å². The molecule has 1 fully saturated rings. The summed E-state index contributed by atoms with van der Waals surface area (Å²) < 4.78 is 1.51. The number of hydrogen-bond acceptors (Lipinski definition) is 7. The summed E-state index contributed by atoms with van der Waals surface area (Å²) in [6.45, 7) is 1.20. The van der Waals surface area contributed by atoms with Gasteiger partial charge in [-0.2, -0.15) is 9.38 Å². The van der Waals surface area contributed by atoms with Gasteiger partial charge < -0.3 is 20.3 Å². The third-order valence-electron chi connectivity index (χ3n) is 4.45. The maximum atomic E-state index is 12.2. The van der Waals surface area contributed by atoms with Gasteiger partial charge in [0.25, 0.3) is 10.9 Å². The molecule has 0 saturated carbocycles. The van der Waals surface area contributed by atoms with E-state index < -0.39 is 4.92 Å². The molecule has 1 saturated heterocycles. The quantitative estimate of drug-likeness (QED) is 0.555. The number of fused-ring (bicyclic) bond motifs is 1. The molecule has 1 N–H and O–H groups in total. The molecule has 9 nitrogen and oxygen atoms in total. The van der Waals surface area contributed by atoms with Crippen LogP contribution in [0.15, 0.2) is 36.1 Å². The molecule has 3 aromatic rings. The highest BCUT2D eigenvalue weighted by atomic mass is 32.1. The summed E-state index contributed by atoms with van der Waals surface area (Å²) >= 11 is 1.37. The molecule has 0 bridgehead atoms. The Hall–Kier alpha value is -3.01. The number of hydrogen-bond donors (Lipinski definition) is 1. The van der Waals surface area contributed by atoms with E-state index in [1.54, 1.807) is 29.9 Å². The number of carbonyl (C=O) groups is 1. The number of aromatic nitrogens is 3. The number of pyridine rings is 1. The minimum absolute atomic E-state index is 0.000837. The molecule has 4 heterocycles. The first-order chi connectivity index (χ1) is 12.6. The molecule has 4 rings (SSSR count). The molecular formula is C16H16N6O3S. The van der Waals surface area contributed by atoms with Crippen LogP contribution in [0.4, 0.5) is 11.6 Å². The Balaban J connectivity index is 1.44. The Morgan fingerprint density at radius 3 is 2.88 bits per heavy atom. The fourth-order valence-electron chi connectivity index (χ4n) is 3.15. The standard InChI is InChI=1S/C16H16N6O3S/c23-14(11-2-1-5-17-10-11)18-12-3-6-20(7-4-12)13-15(22(24)25)21-8-9-26-16(21)19-13/h1-2,5,8-10,12H,3-4,6-7H2,(H,18,23). The van der Waals surface area contributed by atoms with E-state index >= 15 is 0 Å². The molecule has 0 spiro atoms. The minimum Gasteiger partial charge on any atom is -0.358 e. The molecule has 0 radical (unpaired) electrons. The first kappa shape index (κ1) is 16.5. The molecule has 10 heteroatoms. The van der Waals surface area contributed by atoms with E-state index in [-0.39, 0.29) is 17.8 Å². The van der Waals surface area contributed by atoms with Gasteiger partial charge in [-0.05, 0) is 29.9 Å². The van der Waals surface area contributed by atoms with Crippen LogP contribution in [0.3, 0.4) is 0 Å². The predicted molar refractivity (Wildman–Crippen MR) is 96.7 cm³/mol. The molecule has 0 atom stereocenters. The molecule has 1 aliphatic rings. The summed E-state index contributed by atoms with van der Waals surface area (Å²) in [5.41, 5.74) is 0.528. The highest BCUT2D eigenvalue weighted by Gasteiger charge is 2.31. The number of piperidine rings is 1. The molecule has 26 heavy (non-hydrogen) atoms. The summed E-state index contributed by atoms with van der Waals surface area (Å²) in [6.07, 6.45) is 6.22. The van der Waals surface area contributed by atoms with E-state index in [0.29, 0.717) is 42.3 Å². The second kappa shape index (κ2) is 6.71. The Morgan fingerprint density at radius 2 is 2.19 bits per heavy atom. The van der Waals surface area contributed by atoms with Crippen molar-refractivity contribution in [3.8, 4) is 0 Å². The number of imidazole rings is 1. The van der Waals surface area contributed by atoms with E-state index in [4.69, 9.17) is 0 Å². The lowest BCUT2D eigenvalue weighted by Gasteiger charge is -2.32. The lowest BCUT2D eigenvalue weighted by Crippen LogP contribution is -2.45. The Bertz CT molecular complexity index is 945. The first-order valence-corrected chi connectivity index (χ1v) is 9.07. The topological polar surface area (TPSA) is 106 Å². The zero-order valence-corrected chi connectivity index (χ0v) is 14.6. The fourth-order valence-corrected chi connectivity index (χ4v) is 3.85. The van der Waals surface area contributed by atoms with Crippen molar-refractivity contribution in [1.82, 2.24) is 19.7 Å². The van der Waals surface area contributed by atoms with Crippen LogP contribution in [0.1, 0.15) is 23.2 Å². The van der Waals surface area contributed by atoms with Gasteiger partial charge in [0.15, 0.2) is 0 Å². The first-order valence-electron chi connectivity index (χ1n) is 8.19. The summed E-state index contributed by atoms with van der Waals surface area (Å²) in [6, 6.07) is 3.47. The van der Waals surface area contributed by atoms with Crippen molar-refractivity contribution in [3.63, 3.8) is 0 Å². The number of thiazole rings is 1. The van der Waals surface area contributed by atoms with E-state index in [2.05, 4.69) is 15.3 Å². The zero-order valence-electron chi connectivity index (χ0n) is 13.7. The molecule has 134 valence electrons. The van der Waals surface area contributed by atoms with Gasteiger partial charge in [0, 0.05) is 36.9 Å². The maximum Gasteiger partial charge on any atom is 0.373 e. The van der Waals surface area contributed by atoms with Gasteiger partial charge in [-0.1, -0.05) is 11.3 Å². The van der Waals surface area contributed by atoms with E-state index in [0.717, 1.165) is 0 Å². The van der Waals surface area contributed by atoms with Gasteiger partial charge in [-0.15, -0.1) is 0 Å². The number of nitro groups is 1. The van der Waals surface area contributed by atoms with Gasteiger partial charge in [0.2, 0.25) is 5.82 Å². The van der Waals surface area contributed by atoms with E-state index in [1.807, 2.05) is 4.90 Å². The molecule has 0 unspecified atom stereocenters. The van der Waals surface area contributed by atoms with Gasteiger partial charge in [0.05, 0.1) is 5.56 Å². The summed E-state index contributed by atoms with van der Waals surface area (Å²) in [5, 5.41) is 16.2. The number of nitrogens with zero attached hydrogens (tertiary/aromatic N) is 5. The van der Waals surface area contributed by atoms with Gasteiger partial charge in [-0.25, -0.2) is 0 Å². The number of amides is 1. The molecular weight excluding hydrogens is 356 g/mol. The summed E-state index contributed by atoms with van der Waals surface area (Å²) in [4.78, 5) is 34.2. The lowest BCUT2D eigenvalue weighted by molar-refractivity contribution is -0.389. The Kier molecular flexibility index (Phi) is 4.25. The number of anilines is 1. The van der Waals surface area contributed by atoms with Gasteiger partial charge in [0.1, 0.15) is 6.20 Å². The van der Waals surface area contributed by atoms with E-state index in [1.165, 1.54) is 21.9 Å². The average Bonchev–Trinajstić information content (AvgIpc) is 3.23. The summed E-state index contributed by atoms with van der Waals surface area (Å²) in [5.74, 6) is 0.253. The van der Waals surface area contributed by atoms with Crippen LogP contribution in [-0.2, 0) is 0 Å². The van der Waals surface area contributed by atoms with Crippen LogP contribution >= 0.6 is 11.3 Å². The highest BCUT2D eigenvalue weighted by molar-refractivity contribution is 7.15. The average molecular weight is 372 g/mol. The van der Waals surface area contributed by atoms with Crippen LogP contribution in [0, 0.1) is 10.1 Å². The highest BCUT2D eigenvalue weighted by Crippen LogP contribution is 2.32. The monoisotopic (exact) mass is 372 g/mol. The zero-order chi connectivity index (χ0) is 18.1. The van der Waals surface area contributed by atoms with Crippen LogP contribution in [0.2, 0.25) is 0 Å². The van der Waals surface area contributed by atoms with Crippen molar-refractivity contribution in [2.75, 3.05) is 18.0 Å². The van der Waals surface area contributed by atoms with Gasteiger partial charge >= 0.3 is 5.82 Å². The third-order valence-corrected chi connectivity index (χ3v) is 5.20. The number of rotatable bonds is 4. The second-order valence-corrected chi connectivity index (χ2v) is 6.92. The SMILES string of the molecule is O=C(NC1CCN(c2nc3sccn3c2[N+](=O)[O-])CC1)c1cccnc1. The smallest absolute Gasteiger partial charge is 0.358 e. The number of nitrogens with one attached hydrogen (secondary N) is 1. The second-order valence-electron chi connectivity index (χ2n) is 6.05. The lowest BCUT2D eigenvalue weighted by atomic mass is 10.0. The van der Waals surface area contributed by atoms with Crippen LogP contribution < -0.4 is 10.2 Å². The fraction of sp³-hybridized carbons (Fsp3) is 0.312. The van der Waals surface area contributed by atoms with Crippen molar-refractivity contribution in [2.24, 2.45) is 0 Å². The van der Waals surface area contributed by atoms with Crippen LogP contribution in [0.25, 0.3) is 4.96 Å². The molecule has 0 aliphatic carbocycles. The van der Waals surface area contributed by atoms with Crippen LogP contribution in [0.5, 0.6) is 0 Å². The van der Waals surface area contributed by atoms with Crippen LogP contribution in [-0.4, -0.2) is 44.3 Å². The summed E-state index contributed by atoms with van der Waals surface area (Å²) in [7, 11) is 0. The maximum absolute atomic E-state index is 12.2. The van der Waals surface area contributed by atoms with Gasteiger partial charge in [-0.3, -0.25) is 9.78 Å². The van der Waals surface area contributed by atoms with Crippen molar-refractivity contribution < 1.29 is 9.72 Å². The molecule has 3 aromatic heterocycles. The third kappa shape index (κ3) is 2.99. The van der Waals surface area contributed by atoms with Crippen molar-refractivity contribution in [3.05, 3.63) is 51.8 Å². The molecule has 1 aliphatic heterocycles. The Morgan fingerprint density at radius 1 is 1.38 bits per heavy atom. The largest absolute Gasteiger partial charge is 0.373 e. The molecule has 0 aromatic carbocycles. The normalized spacial score (nSPS) is 15.3. The van der Waals surface area contributed by atoms with E-state index in [9.17, 15) is 14.9 Å². The molecule has 1 amide bonds. The number of carbonyl (C=O) groups excluding carboxylic acids is 1. The minimum atomic E-state index is -0.391.